The van der Waals surface area contributed by atoms with Crippen molar-refractivity contribution >= 4 is 17.2 Å². The minimum Gasteiger partial charge on any atom is -0.348 e. The minimum atomic E-state index is -0.815. The summed E-state index contributed by atoms with van der Waals surface area (Å²) in [6, 6.07) is 2.02. The van der Waals surface area contributed by atoms with E-state index in [2.05, 4.69) is 5.32 Å². The van der Waals surface area contributed by atoms with E-state index in [1.807, 2.05) is 23.8 Å². The summed E-state index contributed by atoms with van der Waals surface area (Å²) >= 11 is 1.62. The highest BCUT2D eigenvalue weighted by Crippen LogP contribution is 2.16. The third kappa shape index (κ3) is 2.82. The highest BCUT2D eigenvalue weighted by atomic mass is 32.1. The maximum Gasteiger partial charge on any atom is 0.239 e. The predicted octanol–water partition coefficient (Wildman–Crippen LogP) is 1.66. The molecule has 14 heavy (non-hydrogen) atoms. The van der Waals surface area contributed by atoms with Gasteiger partial charge in [0, 0.05) is 0 Å². The molecule has 0 aliphatic carbocycles. The van der Waals surface area contributed by atoms with Crippen LogP contribution in [0.2, 0.25) is 0 Å². The Morgan fingerprint density at radius 2 is 2.29 bits per heavy atom. The molecule has 1 unspecified atom stereocenters. The van der Waals surface area contributed by atoms with Crippen molar-refractivity contribution in [2.24, 2.45) is 5.73 Å². The Balaban J connectivity index is 2.58. The van der Waals surface area contributed by atoms with E-state index >= 15 is 0 Å². The first-order chi connectivity index (χ1) is 6.41. The minimum absolute atomic E-state index is 0.0246. The Morgan fingerprint density at radius 1 is 1.64 bits per heavy atom. The lowest BCUT2D eigenvalue weighted by atomic mass is 10.1. The van der Waals surface area contributed by atoms with Gasteiger partial charge in [0.25, 0.3) is 0 Å². The number of carbonyl (C=O) groups is 1. The quantitative estimate of drug-likeness (QED) is 0.800. The molecule has 0 radical (unpaired) electrons. The summed E-state index contributed by atoms with van der Waals surface area (Å²) in [5, 5.41) is 6.88. The van der Waals surface area contributed by atoms with Crippen LogP contribution in [-0.2, 0) is 4.79 Å². The fourth-order valence-corrected chi connectivity index (χ4v) is 1.74. The number of amides is 1. The van der Waals surface area contributed by atoms with Gasteiger partial charge in [-0.1, -0.05) is 0 Å². The standard InChI is InChI=1S/C10H16N2OS/c1-7(8-4-5-14-6-8)12-9(13)10(2,3)11/h4-7H,11H2,1-3H3,(H,12,13). The fourth-order valence-electron chi connectivity index (χ4n) is 0.987. The zero-order chi connectivity index (χ0) is 10.8. The topological polar surface area (TPSA) is 55.1 Å². The van der Waals surface area contributed by atoms with Crippen LogP contribution in [0.15, 0.2) is 16.8 Å². The van der Waals surface area contributed by atoms with Crippen LogP contribution >= 0.6 is 11.3 Å². The molecule has 1 rings (SSSR count). The van der Waals surface area contributed by atoms with Gasteiger partial charge < -0.3 is 11.1 Å². The summed E-state index contributed by atoms with van der Waals surface area (Å²) < 4.78 is 0. The van der Waals surface area contributed by atoms with E-state index in [0.29, 0.717) is 0 Å². The maximum absolute atomic E-state index is 11.5. The molecule has 3 nitrogen and oxygen atoms in total. The van der Waals surface area contributed by atoms with E-state index < -0.39 is 5.54 Å². The normalized spacial score (nSPS) is 13.7. The van der Waals surface area contributed by atoms with Gasteiger partial charge in [-0.25, -0.2) is 0 Å². The third-order valence-electron chi connectivity index (χ3n) is 1.98. The van der Waals surface area contributed by atoms with Crippen LogP contribution in [0.4, 0.5) is 0 Å². The third-order valence-corrected chi connectivity index (χ3v) is 2.68. The smallest absolute Gasteiger partial charge is 0.239 e. The van der Waals surface area contributed by atoms with E-state index in [9.17, 15) is 4.79 Å². The second-order valence-electron chi connectivity index (χ2n) is 3.97. The molecule has 78 valence electrons. The molecule has 0 bridgehead atoms. The van der Waals surface area contributed by atoms with Gasteiger partial charge in [0.15, 0.2) is 0 Å². The number of carbonyl (C=O) groups excluding carboxylic acids is 1. The second kappa shape index (κ2) is 4.11. The molecule has 0 saturated heterocycles. The average Bonchev–Trinajstić information content (AvgIpc) is 2.53. The molecule has 0 aliphatic heterocycles. The number of nitrogens with two attached hydrogens (primary N) is 1. The molecule has 0 aromatic carbocycles. The monoisotopic (exact) mass is 212 g/mol. The van der Waals surface area contributed by atoms with E-state index in [4.69, 9.17) is 5.73 Å². The molecule has 0 saturated carbocycles. The van der Waals surface area contributed by atoms with Gasteiger partial charge in [-0.15, -0.1) is 0 Å². The lowest BCUT2D eigenvalue weighted by Crippen LogP contribution is -2.49. The number of nitrogens with one attached hydrogen (secondary N) is 1. The summed E-state index contributed by atoms with van der Waals surface area (Å²) in [6.45, 7) is 5.34. The summed E-state index contributed by atoms with van der Waals surface area (Å²) in [7, 11) is 0. The van der Waals surface area contributed by atoms with Crippen LogP contribution in [0.25, 0.3) is 0 Å². The molecular weight excluding hydrogens is 196 g/mol. The van der Waals surface area contributed by atoms with Crippen molar-refractivity contribution in [1.82, 2.24) is 5.32 Å². The Labute approximate surface area is 88.3 Å². The van der Waals surface area contributed by atoms with Gasteiger partial charge in [0.2, 0.25) is 5.91 Å². The lowest BCUT2D eigenvalue weighted by Gasteiger charge is -2.21. The molecule has 1 heterocycles. The first kappa shape index (κ1) is 11.2. The van der Waals surface area contributed by atoms with Crippen molar-refractivity contribution in [2.75, 3.05) is 0 Å². The van der Waals surface area contributed by atoms with Crippen LogP contribution in [-0.4, -0.2) is 11.4 Å². The first-order valence-corrected chi connectivity index (χ1v) is 5.47. The number of hydrogen-bond acceptors (Lipinski definition) is 3. The van der Waals surface area contributed by atoms with Gasteiger partial charge in [-0.3, -0.25) is 4.79 Å². The SMILES string of the molecule is CC(NC(=O)C(C)(C)N)c1ccsc1. The molecule has 0 aliphatic rings. The van der Waals surface area contributed by atoms with E-state index in [-0.39, 0.29) is 11.9 Å². The summed E-state index contributed by atoms with van der Waals surface area (Å²) in [5.41, 5.74) is 5.97. The Bertz CT molecular complexity index is 300. The van der Waals surface area contributed by atoms with E-state index in [0.717, 1.165) is 5.56 Å². The molecule has 1 aromatic rings. The van der Waals surface area contributed by atoms with Crippen molar-refractivity contribution in [3.63, 3.8) is 0 Å². The Hall–Kier alpha value is -0.870. The van der Waals surface area contributed by atoms with E-state index in [1.54, 1.807) is 25.2 Å². The number of rotatable bonds is 3. The summed E-state index contributed by atoms with van der Waals surface area (Å²) in [6.07, 6.45) is 0. The molecule has 1 aromatic heterocycles. The van der Waals surface area contributed by atoms with Crippen LogP contribution in [0.1, 0.15) is 32.4 Å². The van der Waals surface area contributed by atoms with Crippen molar-refractivity contribution in [3.8, 4) is 0 Å². The summed E-state index contributed by atoms with van der Waals surface area (Å²) in [4.78, 5) is 11.5. The van der Waals surface area contributed by atoms with Crippen molar-refractivity contribution in [3.05, 3.63) is 22.4 Å². The number of thiophene rings is 1. The molecule has 0 spiro atoms. The maximum atomic E-state index is 11.5. The van der Waals surface area contributed by atoms with E-state index in [1.165, 1.54) is 0 Å². The molecular formula is C10H16N2OS. The zero-order valence-electron chi connectivity index (χ0n) is 8.70. The number of hydrogen-bond donors (Lipinski definition) is 2. The Morgan fingerprint density at radius 3 is 2.71 bits per heavy atom. The van der Waals surface area contributed by atoms with Gasteiger partial charge in [0.05, 0.1) is 11.6 Å². The van der Waals surface area contributed by atoms with Gasteiger partial charge in [0.1, 0.15) is 0 Å². The highest BCUT2D eigenvalue weighted by molar-refractivity contribution is 7.07. The second-order valence-corrected chi connectivity index (χ2v) is 4.75. The lowest BCUT2D eigenvalue weighted by molar-refractivity contribution is -0.125. The van der Waals surface area contributed by atoms with Gasteiger partial charge in [-0.05, 0) is 43.2 Å². The molecule has 0 fully saturated rings. The average molecular weight is 212 g/mol. The molecule has 4 heteroatoms. The zero-order valence-corrected chi connectivity index (χ0v) is 9.52. The largest absolute Gasteiger partial charge is 0.348 e. The fraction of sp³-hybridized carbons (Fsp3) is 0.500. The molecule has 3 N–H and O–H groups in total. The van der Waals surface area contributed by atoms with Crippen molar-refractivity contribution in [2.45, 2.75) is 32.4 Å². The predicted molar refractivity (Wildman–Crippen MR) is 59.1 cm³/mol. The van der Waals surface area contributed by atoms with Crippen molar-refractivity contribution in [1.29, 1.82) is 0 Å². The van der Waals surface area contributed by atoms with Crippen molar-refractivity contribution < 1.29 is 4.79 Å². The first-order valence-electron chi connectivity index (χ1n) is 4.53. The van der Waals surface area contributed by atoms with Crippen LogP contribution in [0.3, 0.4) is 0 Å². The summed E-state index contributed by atoms with van der Waals surface area (Å²) in [5.74, 6) is -0.129. The highest BCUT2D eigenvalue weighted by Gasteiger charge is 2.23. The molecule has 1 amide bonds. The van der Waals surface area contributed by atoms with Crippen LogP contribution in [0.5, 0.6) is 0 Å². The Kier molecular flexibility index (Phi) is 3.29. The van der Waals surface area contributed by atoms with Gasteiger partial charge in [-0.2, -0.15) is 11.3 Å². The van der Waals surface area contributed by atoms with Gasteiger partial charge >= 0.3 is 0 Å². The molecule has 1 atom stereocenters. The van der Waals surface area contributed by atoms with Crippen LogP contribution in [0, 0.1) is 0 Å². The van der Waals surface area contributed by atoms with Crippen LogP contribution < -0.4 is 11.1 Å².